The number of hydrogen-bond donors (Lipinski definition) is 2. The minimum atomic E-state index is -4.04. The van der Waals surface area contributed by atoms with Gasteiger partial charge < -0.3 is 15.7 Å². The van der Waals surface area contributed by atoms with E-state index in [1.165, 1.54) is 0 Å². The summed E-state index contributed by atoms with van der Waals surface area (Å²) in [4.78, 5) is 2.02. The van der Waals surface area contributed by atoms with Crippen molar-refractivity contribution in [1.29, 1.82) is 0 Å². The minimum Gasteiger partial charge on any atom is -0.388 e. The van der Waals surface area contributed by atoms with E-state index >= 15 is 0 Å². The van der Waals surface area contributed by atoms with E-state index in [1.807, 2.05) is 17.9 Å². The van der Waals surface area contributed by atoms with E-state index in [0.29, 0.717) is 10.0 Å². The number of benzene rings is 2. The molecule has 6 nitrogen and oxygen atoms in total. The minimum absolute atomic E-state index is 0.0385. The van der Waals surface area contributed by atoms with Gasteiger partial charge in [-0.2, -0.15) is 8.42 Å². The second-order valence-electron chi connectivity index (χ2n) is 6.74. The molecule has 1 heterocycles. The number of aliphatic hydroxyl groups excluding tert-OH is 1. The number of amidine groups is 1. The Morgan fingerprint density at radius 3 is 2.68 bits per heavy atom. The average molecular weight is 464 g/mol. The molecule has 148 valence electrons. The Morgan fingerprint density at radius 1 is 1.36 bits per heavy atom. The third kappa shape index (κ3) is 4.29. The second-order valence-corrected chi connectivity index (χ2v) is 9.16. The van der Waals surface area contributed by atoms with Crippen LogP contribution in [0.3, 0.4) is 0 Å². The number of hydrogen-bond acceptors (Lipinski definition) is 4. The number of aliphatic hydroxyl groups is 1. The van der Waals surface area contributed by atoms with Crippen LogP contribution in [0.25, 0.3) is 0 Å². The van der Waals surface area contributed by atoms with Crippen molar-refractivity contribution in [2.24, 2.45) is 10.1 Å². The number of halogens is 1. The van der Waals surface area contributed by atoms with E-state index in [4.69, 9.17) is 5.73 Å². The Kier molecular flexibility index (Phi) is 5.92. The zero-order chi connectivity index (χ0) is 20.5. The van der Waals surface area contributed by atoms with E-state index in [1.54, 1.807) is 36.4 Å². The molecular weight excluding hydrogens is 442 g/mol. The molecule has 0 amide bonds. The largest absolute Gasteiger partial charge is 0.388 e. The fraction of sp³-hybridized carbons (Fsp3) is 0.250. The smallest absolute Gasteiger partial charge is 0.285 e. The lowest BCUT2D eigenvalue weighted by atomic mass is 10.1. The number of allylic oxidation sites excluding steroid dienone is 1. The zero-order valence-corrected chi connectivity index (χ0v) is 17.9. The summed E-state index contributed by atoms with van der Waals surface area (Å²) < 4.78 is 29.9. The van der Waals surface area contributed by atoms with Crippen LogP contribution in [0.5, 0.6) is 0 Å². The summed E-state index contributed by atoms with van der Waals surface area (Å²) in [5.41, 5.74) is 9.20. The van der Waals surface area contributed by atoms with Crippen molar-refractivity contribution in [2.45, 2.75) is 30.8 Å². The van der Waals surface area contributed by atoms with Gasteiger partial charge in [-0.3, -0.25) is 0 Å². The molecule has 8 heteroatoms. The number of nitrogens with zero attached hydrogens (tertiary/aromatic N) is 2. The van der Waals surface area contributed by atoms with Crippen molar-refractivity contribution in [3.05, 3.63) is 70.3 Å². The van der Waals surface area contributed by atoms with Crippen LogP contribution < -0.4 is 10.6 Å². The predicted molar refractivity (Wildman–Crippen MR) is 115 cm³/mol. The van der Waals surface area contributed by atoms with E-state index in [9.17, 15) is 13.5 Å². The molecular formula is C20H22BrN3O3S. The van der Waals surface area contributed by atoms with Gasteiger partial charge in [0.25, 0.3) is 10.0 Å². The Morgan fingerprint density at radius 2 is 2.04 bits per heavy atom. The van der Waals surface area contributed by atoms with Gasteiger partial charge in [-0.25, -0.2) is 0 Å². The van der Waals surface area contributed by atoms with Crippen LogP contribution in [0.2, 0.25) is 0 Å². The Balaban J connectivity index is 1.89. The van der Waals surface area contributed by atoms with Crippen molar-refractivity contribution in [1.82, 2.24) is 0 Å². The van der Waals surface area contributed by atoms with Gasteiger partial charge in [-0.1, -0.05) is 36.9 Å². The van der Waals surface area contributed by atoms with E-state index < -0.39 is 16.1 Å². The molecule has 0 spiro atoms. The van der Waals surface area contributed by atoms with Crippen LogP contribution in [0.4, 0.5) is 5.69 Å². The quantitative estimate of drug-likeness (QED) is 0.504. The lowest BCUT2D eigenvalue weighted by Crippen LogP contribution is -2.19. The topological polar surface area (TPSA) is 96.0 Å². The summed E-state index contributed by atoms with van der Waals surface area (Å²) in [6, 6.07) is 12.3. The van der Waals surface area contributed by atoms with Gasteiger partial charge >= 0.3 is 0 Å². The van der Waals surface area contributed by atoms with E-state index in [2.05, 4.69) is 26.9 Å². The van der Waals surface area contributed by atoms with Gasteiger partial charge in [0.2, 0.25) is 0 Å². The lowest BCUT2D eigenvalue weighted by Gasteiger charge is -2.19. The standard InChI is InChI=1S/C20H22BrN3O3S/c1-13(2)24-9-8-15-10-16(21)19(11-17(15)24)28(26,27)23-20(22)12-18(25)14-6-4-3-5-7-14/h3-7,10-11,18,25H,1,8-9,12H2,2H3,(H2,22,23). The maximum absolute atomic E-state index is 12.8. The molecule has 0 aromatic heterocycles. The first kappa shape index (κ1) is 20.6. The Labute approximate surface area is 173 Å². The maximum Gasteiger partial charge on any atom is 0.285 e. The SMILES string of the molecule is C=C(C)N1CCc2cc(Br)c(S(=O)(=O)N=C(N)CC(O)c3ccccc3)cc21. The third-order valence-corrected chi connectivity index (χ3v) is 6.88. The van der Waals surface area contributed by atoms with Crippen molar-refractivity contribution >= 4 is 37.5 Å². The Hall–Kier alpha value is -2.16. The first-order chi connectivity index (χ1) is 13.2. The van der Waals surface area contributed by atoms with Gasteiger partial charge in [0.05, 0.1) is 6.10 Å². The first-order valence-electron chi connectivity index (χ1n) is 8.77. The van der Waals surface area contributed by atoms with Crippen LogP contribution in [0.15, 0.2) is 68.5 Å². The van der Waals surface area contributed by atoms with Crippen molar-refractivity contribution in [3.63, 3.8) is 0 Å². The molecule has 2 aromatic carbocycles. The molecule has 0 radical (unpaired) electrons. The molecule has 1 unspecified atom stereocenters. The summed E-state index contributed by atoms with van der Waals surface area (Å²) >= 11 is 3.34. The normalized spacial score (nSPS) is 15.4. The van der Waals surface area contributed by atoms with Crippen LogP contribution in [-0.2, 0) is 16.4 Å². The summed E-state index contributed by atoms with van der Waals surface area (Å²) in [5, 5.41) is 10.3. The summed E-state index contributed by atoms with van der Waals surface area (Å²) in [7, 11) is -4.04. The van der Waals surface area contributed by atoms with Gasteiger partial charge in [-0.05, 0) is 52.5 Å². The second kappa shape index (κ2) is 8.06. The van der Waals surface area contributed by atoms with Crippen molar-refractivity contribution < 1.29 is 13.5 Å². The molecule has 28 heavy (non-hydrogen) atoms. The average Bonchev–Trinajstić information content (AvgIpc) is 3.04. The summed E-state index contributed by atoms with van der Waals surface area (Å²) in [5.74, 6) is -0.152. The number of fused-ring (bicyclic) bond motifs is 1. The lowest BCUT2D eigenvalue weighted by molar-refractivity contribution is 0.186. The van der Waals surface area contributed by atoms with Crippen LogP contribution in [0.1, 0.15) is 30.6 Å². The van der Waals surface area contributed by atoms with Crippen LogP contribution in [0, 0.1) is 0 Å². The number of nitrogens with two attached hydrogens (primary N) is 1. The molecule has 2 aromatic rings. The van der Waals surface area contributed by atoms with Gasteiger partial charge in [0.15, 0.2) is 0 Å². The molecule has 3 N–H and O–H groups in total. The molecule has 0 saturated carbocycles. The summed E-state index contributed by atoms with van der Waals surface area (Å²) in [6.45, 7) is 6.59. The number of sulfonamides is 1. The molecule has 0 bridgehead atoms. The van der Waals surface area contributed by atoms with E-state index in [0.717, 1.165) is 29.9 Å². The molecule has 1 atom stereocenters. The number of rotatable bonds is 6. The zero-order valence-electron chi connectivity index (χ0n) is 15.5. The van der Waals surface area contributed by atoms with Gasteiger partial charge in [-0.15, -0.1) is 4.40 Å². The highest BCUT2D eigenvalue weighted by molar-refractivity contribution is 9.10. The van der Waals surface area contributed by atoms with Crippen molar-refractivity contribution in [3.8, 4) is 0 Å². The van der Waals surface area contributed by atoms with Gasteiger partial charge in [0.1, 0.15) is 10.7 Å². The first-order valence-corrected chi connectivity index (χ1v) is 11.0. The van der Waals surface area contributed by atoms with Crippen LogP contribution >= 0.6 is 15.9 Å². The summed E-state index contributed by atoms with van der Waals surface area (Å²) in [6.07, 6.45) is -0.193. The highest BCUT2D eigenvalue weighted by atomic mass is 79.9. The predicted octanol–water partition coefficient (Wildman–Crippen LogP) is 3.51. The fourth-order valence-corrected chi connectivity index (χ4v) is 5.27. The van der Waals surface area contributed by atoms with Crippen LogP contribution in [-0.4, -0.2) is 25.9 Å². The molecule has 1 aliphatic rings. The molecule has 3 rings (SSSR count). The number of anilines is 1. The highest BCUT2D eigenvalue weighted by Crippen LogP contribution is 2.37. The molecule has 1 aliphatic heterocycles. The van der Waals surface area contributed by atoms with Gasteiger partial charge in [0, 0.05) is 28.8 Å². The third-order valence-electron chi connectivity index (χ3n) is 4.59. The Bertz CT molecular complexity index is 1040. The molecule has 0 aliphatic carbocycles. The maximum atomic E-state index is 12.8. The fourth-order valence-electron chi connectivity index (χ4n) is 3.21. The molecule has 0 saturated heterocycles. The monoisotopic (exact) mass is 463 g/mol. The van der Waals surface area contributed by atoms with Crippen molar-refractivity contribution in [2.75, 3.05) is 11.4 Å². The highest BCUT2D eigenvalue weighted by Gasteiger charge is 2.26. The molecule has 0 fully saturated rings. The van der Waals surface area contributed by atoms with E-state index in [-0.39, 0.29) is 17.2 Å².